The second-order valence-electron chi connectivity index (χ2n) is 11.5. The molecular weight excluding hydrogens is 398 g/mol. The van der Waals surface area contributed by atoms with E-state index in [0.717, 1.165) is 31.3 Å². The molecule has 4 N–H and O–H groups in total. The predicted octanol–water partition coefficient (Wildman–Crippen LogP) is 2.94. The molecule has 3 aliphatic heterocycles. The number of likely N-dealkylation sites (tertiary alicyclic amines) is 1. The van der Waals surface area contributed by atoms with Crippen molar-refractivity contribution in [1.82, 2.24) is 26.2 Å². The molecule has 6 nitrogen and oxygen atoms in total. The molecule has 5 aliphatic rings. The van der Waals surface area contributed by atoms with Crippen molar-refractivity contribution < 1.29 is 4.79 Å². The average molecular weight is 446 g/mol. The van der Waals surface area contributed by atoms with Crippen molar-refractivity contribution in [2.45, 2.75) is 121 Å². The van der Waals surface area contributed by atoms with E-state index in [2.05, 4.69) is 26.2 Å². The molecule has 0 spiro atoms. The normalized spacial score (nSPS) is 41.4. The quantitative estimate of drug-likeness (QED) is 0.524. The molecule has 5 rings (SSSR count). The van der Waals surface area contributed by atoms with E-state index in [4.69, 9.17) is 0 Å². The molecule has 6 heteroatoms. The molecule has 182 valence electrons. The fourth-order valence-electron chi connectivity index (χ4n) is 7.83. The zero-order valence-electron chi connectivity index (χ0n) is 20.3. The van der Waals surface area contributed by atoms with Gasteiger partial charge in [0.05, 0.1) is 12.3 Å². The SMILES string of the molecule is CC(=O)N1CCC2CCCC(NC3CCNC(NC4CCC(C5CCCCC5)CN4)C3)C21. The van der Waals surface area contributed by atoms with Crippen molar-refractivity contribution in [2.24, 2.45) is 17.8 Å². The Morgan fingerprint density at radius 1 is 0.781 bits per heavy atom. The minimum atomic E-state index is 0.269. The number of rotatable bonds is 5. The molecule has 0 aromatic rings. The number of fused-ring (bicyclic) bond motifs is 1. The molecule has 3 heterocycles. The van der Waals surface area contributed by atoms with Crippen LogP contribution in [0.2, 0.25) is 0 Å². The van der Waals surface area contributed by atoms with Crippen LogP contribution in [0.25, 0.3) is 0 Å². The van der Waals surface area contributed by atoms with Gasteiger partial charge in [0.15, 0.2) is 0 Å². The van der Waals surface area contributed by atoms with Gasteiger partial charge in [0.1, 0.15) is 0 Å². The summed E-state index contributed by atoms with van der Waals surface area (Å²) in [6.45, 7) is 5.00. The van der Waals surface area contributed by atoms with Gasteiger partial charge in [-0.05, 0) is 75.8 Å². The minimum absolute atomic E-state index is 0.269. The maximum Gasteiger partial charge on any atom is 0.219 e. The summed E-state index contributed by atoms with van der Waals surface area (Å²) in [7, 11) is 0. The maximum absolute atomic E-state index is 12.2. The molecule has 7 unspecified atom stereocenters. The van der Waals surface area contributed by atoms with Crippen LogP contribution in [0, 0.1) is 17.8 Å². The van der Waals surface area contributed by atoms with E-state index in [1.807, 2.05) is 0 Å². The molecule has 7 atom stereocenters. The van der Waals surface area contributed by atoms with Crippen molar-refractivity contribution in [3.05, 3.63) is 0 Å². The van der Waals surface area contributed by atoms with Gasteiger partial charge in [-0.25, -0.2) is 0 Å². The summed E-state index contributed by atoms with van der Waals surface area (Å²) >= 11 is 0. The van der Waals surface area contributed by atoms with Crippen molar-refractivity contribution >= 4 is 5.91 Å². The van der Waals surface area contributed by atoms with Crippen LogP contribution in [0.15, 0.2) is 0 Å². The molecule has 32 heavy (non-hydrogen) atoms. The topological polar surface area (TPSA) is 68.4 Å². The lowest BCUT2D eigenvalue weighted by atomic mass is 9.76. The molecule has 1 amide bonds. The van der Waals surface area contributed by atoms with Gasteiger partial charge in [-0.3, -0.25) is 10.1 Å². The first-order valence-corrected chi connectivity index (χ1v) is 13.9. The van der Waals surface area contributed by atoms with Crippen LogP contribution in [0.4, 0.5) is 0 Å². The van der Waals surface area contributed by atoms with E-state index < -0.39 is 0 Å². The zero-order valence-corrected chi connectivity index (χ0v) is 20.3. The van der Waals surface area contributed by atoms with E-state index in [1.165, 1.54) is 83.6 Å². The predicted molar refractivity (Wildman–Crippen MR) is 129 cm³/mol. The number of amides is 1. The Morgan fingerprint density at radius 3 is 2.41 bits per heavy atom. The highest BCUT2D eigenvalue weighted by Crippen LogP contribution is 2.37. The molecule has 0 aromatic carbocycles. The smallest absolute Gasteiger partial charge is 0.219 e. The summed E-state index contributed by atoms with van der Waals surface area (Å²) in [5.74, 6) is 2.86. The second kappa shape index (κ2) is 10.7. The molecule has 2 aliphatic carbocycles. The lowest BCUT2D eigenvalue weighted by Gasteiger charge is -2.43. The first kappa shape index (κ1) is 23.1. The fourth-order valence-corrected chi connectivity index (χ4v) is 7.83. The van der Waals surface area contributed by atoms with Gasteiger partial charge in [-0.15, -0.1) is 0 Å². The molecular formula is C26H47N5O. The third-order valence-electron chi connectivity index (χ3n) is 9.52. The number of hydrogen-bond donors (Lipinski definition) is 4. The van der Waals surface area contributed by atoms with Gasteiger partial charge >= 0.3 is 0 Å². The van der Waals surface area contributed by atoms with E-state index in [-0.39, 0.29) is 5.91 Å². The molecule has 3 saturated heterocycles. The van der Waals surface area contributed by atoms with Gasteiger partial charge < -0.3 is 20.9 Å². The van der Waals surface area contributed by atoms with Gasteiger partial charge in [0.2, 0.25) is 5.91 Å². The molecule has 5 fully saturated rings. The molecule has 2 saturated carbocycles. The number of carbonyl (C=O) groups excluding carboxylic acids is 1. The number of nitrogens with one attached hydrogen (secondary N) is 4. The van der Waals surface area contributed by atoms with Crippen LogP contribution in [-0.4, -0.2) is 60.9 Å². The largest absolute Gasteiger partial charge is 0.338 e. The van der Waals surface area contributed by atoms with Gasteiger partial charge in [-0.2, -0.15) is 0 Å². The first-order chi connectivity index (χ1) is 15.7. The van der Waals surface area contributed by atoms with Gasteiger partial charge in [0.25, 0.3) is 0 Å². The number of carbonyl (C=O) groups is 1. The molecule has 0 aromatic heterocycles. The number of piperidine rings is 2. The summed E-state index contributed by atoms with van der Waals surface area (Å²) in [5, 5.41) is 15.5. The summed E-state index contributed by atoms with van der Waals surface area (Å²) in [6.07, 6.45) is 18.1. The Hall–Kier alpha value is -0.690. The van der Waals surface area contributed by atoms with Crippen LogP contribution < -0.4 is 21.3 Å². The summed E-state index contributed by atoms with van der Waals surface area (Å²) in [4.78, 5) is 14.4. The Morgan fingerprint density at radius 2 is 1.62 bits per heavy atom. The lowest BCUT2D eigenvalue weighted by Crippen LogP contribution is -2.62. The van der Waals surface area contributed by atoms with E-state index >= 15 is 0 Å². The van der Waals surface area contributed by atoms with Gasteiger partial charge in [0, 0.05) is 31.6 Å². The Labute approximate surface area is 195 Å². The summed E-state index contributed by atoms with van der Waals surface area (Å²) in [5.41, 5.74) is 0. The van der Waals surface area contributed by atoms with Crippen LogP contribution in [0.1, 0.15) is 90.4 Å². The van der Waals surface area contributed by atoms with Crippen LogP contribution in [-0.2, 0) is 4.79 Å². The van der Waals surface area contributed by atoms with Crippen molar-refractivity contribution in [1.29, 1.82) is 0 Å². The number of hydrogen-bond acceptors (Lipinski definition) is 5. The van der Waals surface area contributed by atoms with Crippen LogP contribution in [0.5, 0.6) is 0 Å². The molecule has 0 bridgehead atoms. The van der Waals surface area contributed by atoms with Crippen LogP contribution in [0.3, 0.4) is 0 Å². The van der Waals surface area contributed by atoms with Crippen molar-refractivity contribution in [3.8, 4) is 0 Å². The highest BCUT2D eigenvalue weighted by Gasteiger charge is 2.43. The Bertz CT molecular complexity index is 615. The van der Waals surface area contributed by atoms with Crippen molar-refractivity contribution in [2.75, 3.05) is 19.6 Å². The highest BCUT2D eigenvalue weighted by molar-refractivity contribution is 5.74. The fraction of sp³-hybridized carbons (Fsp3) is 0.962. The standard InChI is InChI=1S/C26H47N5O/c1-18(32)31-15-13-20-8-5-9-23(26(20)31)29-22-12-14-27-25(16-22)30-24-11-10-21(17-28-24)19-6-3-2-4-7-19/h19-30H,2-17H2,1H3. The third kappa shape index (κ3) is 5.34. The summed E-state index contributed by atoms with van der Waals surface area (Å²) in [6, 6.07) is 1.46. The maximum atomic E-state index is 12.2. The van der Waals surface area contributed by atoms with Crippen LogP contribution >= 0.6 is 0 Å². The third-order valence-corrected chi connectivity index (χ3v) is 9.52. The van der Waals surface area contributed by atoms with E-state index in [0.29, 0.717) is 36.4 Å². The average Bonchev–Trinajstić information content (AvgIpc) is 3.26. The lowest BCUT2D eigenvalue weighted by molar-refractivity contribution is -0.131. The second-order valence-corrected chi connectivity index (χ2v) is 11.5. The van der Waals surface area contributed by atoms with E-state index in [1.54, 1.807) is 6.92 Å². The number of nitrogens with zero attached hydrogens (tertiary/aromatic N) is 1. The Balaban J connectivity index is 1.09. The molecule has 0 radical (unpaired) electrons. The van der Waals surface area contributed by atoms with Crippen molar-refractivity contribution in [3.63, 3.8) is 0 Å². The first-order valence-electron chi connectivity index (χ1n) is 13.9. The van der Waals surface area contributed by atoms with Gasteiger partial charge in [-0.1, -0.05) is 38.5 Å². The summed E-state index contributed by atoms with van der Waals surface area (Å²) < 4.78 is 0. The van der Waals surface area contributed by atoms with E-state index in [9.17, 15) is 4.79 Å². The monoisotopic (exact) mass is 445 g/mol. The highest BCUT2D eigenvalue weighted by atomic mass is 16.2. The minimum Gasteiger partial charge on any atom is -0.338 e. The zero-order chi connectivity index (χ0) is 21.9. The Kier molecular flexibility index (Phi) is 7.72.